The van der Waals surface area contributed by atoms with Gasteiger partial charge in [0, 0.05) is 19.4 Å². The molecule has 1 aliphatic rings. The number of hydrogen-bond acceptors (Lipinski definition) is 5. The lowest BCUT2D eigenvalue weighted by Crippen LogP contribution is -2.31. The Morgan fingerprint density at radius 2 is 2.20 bits per heavy atom. The molecule has 1 unspecified atom stereocenters. The standard InChI is InChI=1S/C14H21N3O3/c1-10(2)6-14(18)17-5-4-11(9-17)20-13-8-15-7-12(16-13)19-3/h7-8,10-11H,4-6,9H2,1-3H3. The minimum Gasteiger partial charge on any atom is -0.480 e. The number of ether oxygens (including phenoxy) is 2. The second-order valence-corrected chi connectivity index (χ2v) is 5.37. The maximum atomic E-state index is 12.0. The fourth-order valence-electron chi connectivity index (χ4n) is 2.19. The zero-order valence-electron chi connectivity index (χ0n) is 12.2. The van der Waals surface area contributed by atoms with Crippen molar-refractivity contribution in [1.82, 2.24) is 14.9 Å². The number of nitrogens with zero attached hydrogens (tertiary/aromatic N) is 3. The summed E-state index contributed by atoms with van der Waals surface area (Å²) in [6.45, 7) is 5.46. The summed E-state index contributed by atoms with van der Waals surface area (Å²) in [7, 11) is 1.54. The van der Waals surface area contributed by atoms with Gasteiger partial charge in [-0.05, 0) is 5.92 Å². The van der Waals surface area contributed by atoms with Crippen LogP contribution in [0.3, 0.4) is 0 Å². The molecular weight excluding hydrogens is 258 g/mol. The lowest BCUT2D eigenvalue weighted by molar-refractivity contribution is -0.131. The van der Waals surface area contributed by atoms with Crippen molar-refractivity contribution >= 4 is 5.91 Å². The SMILES string of the molecule is COc1cncc(OC2CCN(C(=O)CC(C)C)C2)n1. The van der Waals surface area contributed by atoms with E-state index in [9.17, 15) is 4.79 Å². The lowest BCUT2D eigenvalue weighted by atomic mass is 10.1. The van der Waals surface area contributed by atoms with Gasteiger partial charge in [0.15, 0.2) is 0 Å². The van der Waals surface area contributed by atoms with E-state index in [2.05, 4.69) is 9.97 Å². The Kier molecular flexibility index (Phi) is 4.76. The number of methoxy groups -OCH3 is 1. The first-order valence-corrected chi connectivity index (χ1v) is 6.89. The summed E-state index contributed by atoms with van der Waals surface area (Å²) < 4.78 is 10.8. The number of likely N-dealkylation sites (tertiary alicyclic amines) is 1. The van der Waals surface area contributed by atoms with Crippen molar-refractivity contribution in [3.8, 4) is 11.8 Å². The van der Waals surface area contributed by atoms with Gasteiger partial charge in [-0.2, -0.15) is 4.98 Å². The Morgan fingerprint density at radius 3 is 2.90 bits per heavy atom. The van der Waals surface area contributed by atoms with Gasteiger partial charge in [-0.25, -0.2) is 0 Å². The molecule has 0 spiro atoms. The van der Waals surface area contributed by atoms with Crippen LogP contribution in [0.5, 0.6) is 11.8 Å². The van der Waals surface area contributed by atoms with Crippen molar-refractivity contribution in [2.45, 2.75) is 32.8 Å². The predicted octanol–water partition coefficient (Wildman–Crippen LogP) is 1.51. The molecule has 1 aliphatic heterocycles. The first kappa shape index (κ1) is 14.6. The van der Waals surface area contributed by atoms with E-state index in [1.165, 1.54) is 13.3 Å². The van der Waals surface area contributed by atoms with E-state index < -0.39 is 0 Å². The van der Waals surface area contributed by atoms with Crippen molar-refractivity contribution in [2.24, 2.45) is 5.92 Å². The third kappa shape index (κ3) is 3.82. The van der Waals surface area contributed by atoms with E-state index >= 15 is 0 Å². The predicted molar refractivity (Wildman–Crippen MR) is 73.7 cm³/mol. The summed E-state index contributed by atoms with van der Waals surface area (Å²) >= 11 is 0. The molecule has 0 saturated carbocycles. The number of aromatic nitrogens is 2. The number of rotatable bonds is 5. The Bertz CT molecular complexity index is 465. The van der Waals surface area contributed by atoms with E-state index in [1.807, 2.05) is 18.7 Å². The number of amides is 1. The Labute approximate surface area is 119 Å². The first-order chi connectivity index (χ1) is 9.58. The smallest absolute Gasteiger partial charge is 0.235 e. The zero-order valence-corrected chi connectivity index (χ0v) is 12.2. The minimum atomic E-state index is -0.0208. The van der Waals surface area contributed by atoms with Crippen molar-refractivity contribution in [3.63, 3.8) is 0 Å². The van der Waals surface area contributed by atoms with Crippen LogP contribution in [0.4, 0.5) is 0 Å². The van der Waals surface area contributed by atoms with E-state index in [-0.39, 0.29) is 12.0 Å². The molecular formula is C14H21N3O3. The third-order valence-electron chi connectivity index (χ3n) is 3.17. The maximum Gasteiger partial charge on any atom is 0.235 e. The molecule has 0 aliphatic carbocycles. The Hall–Kier alpha value is -1.85. The molecule has 0 aromatic carbocycles. The first-order valence-electron chi connectivity index (χ1n) is 6.89. The molecule has 1 saturated heterocycles. The summed E-state index contributed by atoms with van der Waals surface area (Å²) in [5.74, 6) is 1.44. The van der Waals surface area contributed by atoms with Gasteiger partial charge in [-0.15, -0.1) is 0 Å². The van der Waals surface area contributed by atoms with Gasteiger partial charge in [0.05, 0.1) is 26.0 Å². The summed E-state index contributed by atoms with van der Waals surface area (Å²) in [5.41, 5.74) is 0. The largest absolute Gasteiger partial charge is 0.480 e. The van der Waals surface area contributed by atoms with Crippen LogP contribution >= 0.6 is 0 Å². The van der Waals surface area contributed by atoms with Gasteiger partial charge in [0.1, 0.15) is 6.10 Å². The van der Waals surface area contributed by atoms with Crippen LogP contribution in [0.25, 0.3) is 0 Å². The molecule has 2 rings (SSSR count). The van der Waals surface area contributed by atoms with Crippen LogP contribution in [0.2, 0.25) is 0 Å². The van der Waals surface area contributed by atoms with Gasteiger partial charge in [0.25, 0.3) is 0 Å². The number of carbonyl (C=O) groups is 1. The highest BCUT2D eigenvalue weighted by atomic mass is 16.5. The van der Waals surface area contributed by atoms with Crippen LogP contribution in [-0.2, 0) is 4.79 Å². The molecule has 0 bridgehead atoms. The van der Waals surface area contributed by atoms with Crippen molar-refractivity contribution in [1.29, 1.82) is 0 Å². The molecule has 0 N–H and O–H groups in total. The summed E-state index contributed by atoms with van der Waals surface area (Å²) in [4.78, 5) is 22.0. The quantitative estimate of drug-likeness (QED) is 0.817. The van der Waals surface area contributed by atoms with Gasteiger partial charge in [-0.1, -0.05) is 13.8 Å². The van der Waals surface area contributed by atoms with Crippen LogP contribution in [0.15, 0.2) is 12.4 Å². The van der Waals surface area contributed by atoms with Crippen LogP contribution < -0.4 is 9.47 Å². The number of hydrogen-bond donors (Lipinski definition) is 0. The monoisotopic (exact) mass is 279 g/mol. The van der Waals surface area contributed by atoms with E-state index in [0.717, 1.165) is 13.0 Å². The molecule has 1 amide bonds. The van der Waals surface area contributed by atoms with Gasteiger partial charge >= 0.3 is 0 Å². The fraction of sp³-hybridized carbons (Fsp3) is 0.643. The average molecular weight is 279 g/mol. The van der Waals surface area contributed by atoms with Crippen LogP contribution in [-0.4, -0.2) is 47.1 Å². The number of carbonyl (C=O) groups excluding carboxylic acids is 1. The van der Waals surface area contributed by atoms with E-state index in [0.29, 0.717) is 30.6 Å². The highest BCUT2D eigenvalue weighted by Gasteiger charge is 2.28. The second kappa shape index (κ2) is 6.54. The Balaban J connectivity index is 1.88. The molecule has 6 heteroatoms. The molecule has 20 heavy (non-hydrogen) atoms. The molecule has 1 aromatic rings. The fourth-order valence-corrected chi connectivity index (χ4v) is 2.19. The maximum absolute atomic E-state index is 12.0. The molecule has 1 fully saturated rings. The van der Waals surface area contributed by atoms with Crippen molar-refractivity contribution in [3.05, 3.63) is 12.4 Å². The normalized spacial score (nSPS) is 18.4. The Morgan fingerprint density at radius 1 is 1.45 bits per heavy atom. The van der Waals surface area contributed by atoms with E-state index in [4.69, 9.17) is 9.47 Å². The van der Waals surface area contributed by atoms with Crippen molar-refractivity contribution < 1.29 is 14.3 Å². The molecule has 110 valence electrons. The lowest BCUT2D eigenvalue weighted by Gasteiger charge is -2.18. The summed E-state index contributed by atoms with van der Waals surface area (Å²) in [6.07, 6.45) is 4.47. The minimum absolute atomic E-state index is 0.0208. The van der Waals surface area contributed by atoms with Gasteiger partial charge in [0.2, 0.25) is 17.7 Å². The zero-order chi connectivity index (χ0) is 14.5. The van der Waals surface area contributed by atoms with Crippen molar-refractivity contribution in [2.75, 3.05) is 20.2 Å². The highest BCUT2D eigenvalue weighted by Crippen LogP contribution is 2.19. The van der Waals surface area contributed by atoms with E-state index in [1.54, 1.807) is 6.20 Å². The van der Waals surface area contributed by atoms with Gasteiger partial charge in [-0.3, -0.25) is 9.78 Å². The average Bonchev–Trinajstić information content (AvgIpc) is 2.87. The molecule has 1 atom stereocenters. The second-order valence-electron chi connectivity index (χ2n) is 5.37. The highest BCUT2D eigenvalue weighted by molar-refractivity contribution is 5.76. The van der Waals surface area contributed by atoms with Crippen LogP contribution in [0, 0.1) is 5.92 Å². The van der Waals surface area contributed by atoms with Gasteiger partial charge < -0.3 is 14.4 Å². The molecule has 2 heterocycles. The molecule has 0 radical (unpaired) electrons. The summed E-state index contributed by atoms with van der Waals surface area (Å²) in [5, 5.41) is 0. The molecule has 1 aromatic heterocycles. The topological polar surface area (TPSA) is 64.6 Å². The molecule has 6 nitrogen and oxygen atoms in total. The third-order valence-corrected chi connectivity index (χ3v) is 3.17. The summed E-state index contributed by atoms with van der Waals surface area (Å²) in [6, 6.07) is 0. The van der Waals surface area contributed by atoms with Crippen LogP contribution in [0.1, 0.15) is 26.7 Å².